The van der Waals surface area contributed by atoms with E-state index in [2.05, 4.69) is 0 Å². The van der Waals surface area contributed by atoms with Crippen molar-refractivity contribution < 1.29 is 23.8 Å². The van der Waals surface area contributed by atoms with Crippen molar-refractivity contribution in [3.63, 3.8) is 0 Å². The Kier molecular flexibility index (Phi) is 5.67. The van der Waals surface area contributed by atoms with Crippen molar-refractivity contribution in [2.75, 3.05) is 13.3 Å². The molecule has 0 aliphatic carbocycles. The number of rotatable bonds is 7. The van der Waals surface area contributed by atoms with E-state index >= 15 is 0 Å². The van der Waals surface area contributed by atoms with Crippen LogP contribution in [0.2, 0.25) is 0 Å². The molecule has 0 saturated heterocycles. The number of aryl methyl sites for hydroxylation is 1. The second kappa shape index (κ2) is 7.03. The lowest BCUT2D eigenvalue weighted by Crippen LogP contribution is -2.45. The quantitative estimate of drug-likeness (QED) is 0.617. The van der Waals surface area contributed by atoms with Crippen molar-refractivity contribution in [3.8, 4) is 0 Å². The molecule has 1 aromatic carbocycles. The van der Waals surface area contributed by atoms with Gasteiger partial charge in [0.05, 0.1) is 13.3 Å². The van der Waals surface area contributed by atoms with E-state index in [0.29, 0.717) is 5.56 Å². The Morgan fingerprint density at radius 2 is 2.10 bits per heavy atom. The summed E-state index contributed by atoms with van der Waals surface area (Å²) in [6.45, 7) is 2.81. The Morgan fingerprint density at radius 1 is 1.40 bits per heavy atom. The highest BCUT2D eigenvalue weighted by molar-refractivity contribution is 6.05. The van der Waals surface area contributed by atoms with Gasteiger partial charge in [-0.1, -0.05) is 29.8 Å². The second-order valence-corrected chi connectivity index (χ2v) is 4.59. The number of carboxylic acids is 1. The molecule has 0 heterocycles. The number of hydrogen-bond acceptors (Lipinski definition) is 3. The number of hydrogen-bond donors (Lipinski definition) is 1. The first-order chi connectivity index (χ1) is 9.48. The van der Waals surface area contributed by atoms with E-state index in [-0.39, 0.29) is 19.4 Å². The maximum atomic E-state index is 12.5. The zero-order valence-corrected chi connectivity index (χ0v) is 11.7. The van der Waals surface area contributed by atoms with Gasteiger partial charge in [0, 0.05) is 0 Å². The fourth-order valence-electron chi connectivity index (χ4n) is 2.18. The zero-order valence-electron chi connectivity index (χ0n) is 11.7. The van der Waals surface area contributed by atoms with Crippen LogP contribution in [0.5, 0.6) is 0 Å². The largest absolute Gasteiger partial charge is 0.480 e. The third-order valence-electron chi connectivity index (χ3n) is 3.19. The number of aliphatic carboxylic acids is 1. The fraction of sp³-hybridized carbons (Fsp3) is 0.467. The van der Waals surface area contributed by atoms with Crippen LogP contribution in [0.3, 0.4) is 0 Å². The predicted molar refractivity (Wildman–Crippen MR) is 72.3 cm³/mol. The first-order valence-corrected chi connectivity index (χ1v) is 6.52. The van der Waals surface area contributed by atoms with Crippen LogP contribution in [-0.2, 0) is 19.7 Å². The summed E-state index contributed by atoms with van der Waals surface area (Å²) in [5.41, 5.74) is -0.678. The number of carboxylic acid groups (broad SMARTS) is 1. The minimum absolute atomic E-state index is 0.0148. The van der Waals surface area contributed by atoms with E-state index in [9.17, 15) is 19.1 Å². The Labute approximate surface area is 117 Å². The van der Waals surface area contributed by atoms with Gasteiger partial charge in [0.2, 0.25) is 0 Å². The number of carbonyl (C=O) groups excluding carboxylic acids is 1. The first kappa shape index (κ1) is 16.1. The number of ether oxygens (including phenoxy) is 1. The number of carbonyl (C=O) groups is 2. The van der Waals surface area contributed by atoms with Gasteiger partial charge < -0.3 is 9.84 Å². The normalized spacial score (nSPS) is 13.6. The summed E-state index contributed by atoms with van der Waals surface area (Å²) in [7, 11) is 0. The molecule has 1 atom stereocenters. The van der Waals surface area contributed by atoms with Crippen molar-refractivity contribution >= 4 is 11.9 Å². The van der Waals surface area contributed by atoms with Crippen LogP contribution in [0.1, 0.15) is 30.9 Å². The van der Waals surface area contributed by atoms with Gasteiger partial charge in [0.15, 0.2) is 5.41 Å². The predicted octanol–water partition coefficient (Wildman–Crippen LogP) is 2.63. The molecule has 0 aliphatic rings. The summed E-state index contributed by atoms with van der Waals surface area (Å²) in [6.07, 6.45) is -0.139. The Hall–Kier alpha value is -1.91. The van der Waals surface area contributed by atoms with Crippen LogP contribution in [0, 0.1) is 6.92 Å². The molecular formula is C15H19FO4. The summed E-state index contributed by atoms with van der Waals surface area (Å²) < 4.78 is 17.4. The minimum Gasteiger partial charge on any atom is -0.480 e. The summed E-state index contributed by atoms with van der Waals surface area (Å²) in [5, 5.41) is 9.57. The van der Waals surface area contributed by atoms with Gasteiger partial charge in [0.25, 0.3) is 0 Å². The maximum Gasteiger partial charge on any atom is 0.328 e. The van der Waals surface area contributed by atoms with Gasteiger partial charge in [-0.25, -0.2) is 0 Å². The smallest absolute Gasteiger partial charge is 0.328 e. The SMILES string of the molecule is CCOC(=O)C(CCCF)(C(=O)O)c1cccc(C)c1. The van der Waals surface area contributed by atoms with Crippen LogP contribution in [0.15, 0.2) is 24.3 Å². The van der Waals surface area contributed by atoms with Crippen LogP contribution in [-0.4, -0.2) is 30.3 Å². The number of halogens is 1. The van der Waals surface area contributed by atoms with Crippen LogP contribution < -0.4 is 0 Å². The highest BCUT2D eigenvalue weighted by Crippen LogP contribution is 2.32. The third kappa shape index (κ3) is 3.15. The first-order valence-electron chi connectivity index (χ1n) is 6.52. The molecule has 0 aromatic heterocycles. The molecule has 1 unspecified atom stereocenters. The maximum absolute atomic E-state index is 12.5. The van der Waals surface area contributed by atoms with E-state index in [1.54, 1.807) is 38.1 Å². The lowest BCUT2D eigenvalue weighted by Gasteiger charge is -2.27. The highest BCUT2D eigenvalue weighted by atomic mass is 19.1. The number of alkyl halides is 1. The molecule has 0 fully saturated rings. The van der Waals surface area contributed by atoms with E-state index in [1.807, 2.05) is 0 Å². The Morgan fingerprint density at radius 3 is 2.60 bits per heavy atom. The molecule has 20 heavy (non-hydrogen) atoms. The molecule has 4 nitrogen and oxygen atoms in total. The van der Waals surface area contributed by atoms with Crippen molar-refractivity contribution in [3.05, 3.63) is 35.4 Å². The van der Waals surface area contributed by atoms with Gasteiger partial charge in [0.1, 0.15) is 0 Å². The monoisotopic (exact) mass is 282 g/mol. The third-order valence-corrected chi connectivity index (χ3v) is 3.19. The van der Waals surface area contributed by atoms with E-state index < -0.39 is 24.0 Å². The van der Waals surface area contributed by atoms with Crippen molar-refractivity contribution in [2.45, 2.75) is 32.1 Å². The molecule has 0 aliphatic heterocycles. The lowest BCUT2D eigenvalue weighted by molar-refractivity contribution is -0.162. The average Bonchev–Trinajstić information content (AvgIpc) is 2.39. The molecule has 1 aromatic rings. The molecule has 110 valence electrons. The summed E-state index contributed by atoms with van der Waals surface area (Å²) >= 11 is 0. The van der Waals surface area contributed by atoms with E-state index in [0.717, 1.165) is 5.56 Å². The number of benzene rings is 1. The Balaban J connectivity index is 3.36. The topological polar surface area (TPSA) is 63.6 Å². The summed E-state index contributed by atoms with van der Waals surface area (Å²) in [6, 6.07) is 6.67. The Bertz CT molecular complexity index is 487. The summed E-state index contributed by atoms with van der Waals surface area (Å²) in [5.74, 6) is -2.15. The van der Waals surface area contributed by atoms with Crippen LogP contribution in [0.4, 0.5) is 4.39 Å². The van der Waals surface area contributed by atoms with Gasteiger partial charge in [-0.05, 0) is 32.3 Å². The molecule has 1 rings (SSSR count). The van der Waals surface area contributed by atoms with Crippen molar-refractivity contribution in [1.29, 1.82) is 0 Å². The average molecular weight is 282 g/mol. The molecule has 0 radical (unpaired) electrons. The lowest BCUT2D eigenvalue weighted by atomic mass is 9.76. The van der Waals surface area contributed by atoms with Gasteiger partial charge in [-0.3, -0.25) is 14.0 Å². The second-order valence-electron chi connectivity index (χ2n) is 4.59. The van der Waals surface area contributed by atoms with Crippen LogP contribution >= 0.6 is 0 Å². The van der Waals surface area contributed by atoms with Gasteiger partial charge >= 0.3 is 11.9 Å². The van der Waals surface area contributed by atoms with Gasteiger partial charge in [-0.2, -0.15) is 0 Å². The standard InChI is InChI=1S/C15H19FO4/c1-3-20-14(19)15(13(17)18,8-5-9-16)12-7-4-6-11(2)10-12/h4,6-7,10H,3,5,8-9H2,1-2H3,(H,17,18). The summed E-state index contributed by atoms with van der Waals surface area (Å²) in [4.78, 5) is 23.9. The molecule has 1 N–H and O–H groups in total. The molecular weight excluding hydrogens is 263 g/mol. The molecule has 0 amide bonds. The molecule has 0 saturated carbocycles. The van der Waals surface area contributed by atoms with Crippen molar-refractivity contribution in [1.82, 2.24) is 0 Å². The minimum atomic E-state index is -1.84. The zero-order chi connectivity index (χ0) is 15.2. The van der Waals surface area contributed by atoms with Crippen LogP contribution in [0.25, 0.3) is 0 Å². The molecule has 5 heteroatoms. The van der Waals surface area contributed by atoms with Gasteiger partial charge in [-0.15, -0.1) is 0 Å². The van der Waals surface area contributed by atoms with E-state index in [4.69, 9.17) is 4.74 Å². The van der Waals surface area contributed by atoms with Crippen molar-refractivity contribution in [2.24, 2.45) is 0 Å². The van der Waals surface area contributed by atoms with E-state index in [1.165, 1.54) is 0 Å². The highest BCUT2D eigenvalue weighted by Gasteiger charge is 2.48. The fourth-order valence-corrected chi connectivity index (χ4v) is 2.18. The molecule has 0 spiro atoms. The molecule has 0 bridgehead atoms. The number of esters is 1.